The predicted octanol–water partition coefficient (Wildman–Crippen LogP) is 4.27. The van der Waals surface area contributed by atoms with Crippen molar-refractivity contribution in [3.63, 3.8) is 0 Å². The molecule has 1 saturated heterocycles. The van der Waals surface area contributed by atoms with Crippen LogP contribution in [0.25, 0.3) is 0 Å². The second-order valence-corrected chi connectivity index (χ2v) is 7.60. The van der Waals surface area contributed by atoms with Gasteiger partial charge >= 0.3 is 12.4 Å². The number of methoxy groups -OCH3 is 1. The number of halogens is 3. The molecule has 1 aliphatic rings. The van der Waals surface area contributed by atoms with Gasteiger partial charge in [-0.3, -0.25) is 0 Å². The fourth-order valence-corrected chi connectivity index (χ4v) is 4.01. The molecule has 0 saturated carbocycles. The summed E-state index contributed by atoms with van der Waals surface area (Å²) in [5.41, 5.74) is 1.66. The summed E-state index contributed by atoms with van der Waals surface area (Å²) in [5.74, 6) is 0.219. The van der Waals surface area contributed by atoms with Crippen molar-refractivity contribution in [1.29, 1.82) is 0 Å². The van der Waals surface area contributed by atoms with Crippen molar-refractivity contribution in [1.82, 2.24) is 15.5 Å². The van der Waals surface area contributed by atoms with E-state index in [9.17, 15) is 18.0 Å². The smallest absolute Gasteiger partial charge is 0.496 e. The van der Waals surface area contributed by atoms with Gasteiger partial charge in [-0.2, -0.15) is 0 Å². The molecule has 1 unspecified atom stereocenters. The Morgan fingerprint density at radius 1 is 1.19 bits per heavy atom. The number of hydrogen-bond donors (Lipinski definition) is 2. The SMILES string of the molecule is CCNC(=O)N1CC[C@H](NCc2cc(OC(F)(F)F)ccc2OC)C(c2ccccc2)C1. The van der Waals surface area contributed by atoms with Crippen LogP contribution in [0.5, 0.6) is 11.5 Å². The molecule has 2 atom stereocenters. The highest BCUT2D eigenvalue weighted by molar-refractivity contribution is 5.74. The quantitative estimate of drug-likeness (QED) is 0.660. The molecule has 1 fully saturated rings. The van der Waals surface area contributed by atoms with Crippen LogP contribution >= 0.6 is 0 Å². The summed E-state index contributed by atoms with van der Waals surface area (Å²) in [6, 6.07) is 13.9. The monoisotopic (exact) mass is 451 g/mol. The van der Waals surface area contributed by atoms with E-state index in [1.807, 2.05) is 37.3 Å². The largest absolute Gasteiger partial charge is 0.573 e. The lowest BCUT2D eigenvalue weighted by Gasteiger charge is -2.39. The van der Waals surface area contributed by atoms with Crippen LogP contribution < -0.4 is 20.1 Å². The zero-order valence-electron chi connectivity index (χ0n) is 18.1. The lowest BCUT2D eigenvalue weighted by Crippen LogP contribution is -2.52. The minimum atomic E-state index is -4.76. The van der Waals surface area contributed by atoms with Gasteiger partial charge in [0.15, 0.2) is 0 Å². The van der Waals surface area contributed by atoms with E-state index >= 15 is 0 Å². The van der Waals surface area contributed by atoms with Gasteiger partial charge in [-0.05, 0) is 37.1 Å². The van der Waals surface area contributed by atoms with Crippen molar-refractivity contribution in [2.24, 2.45) is 0 Å². The Morgan fingerprint density at radius 2 is 1.94 bits per heavy atom. The molecule has 1 aliphatic heterocycles. The molecule has 1 heterocycles. The topological polar surface area (TPSA) is 62.8 Å². The van der Waals surface area contributed by atoms with E-state index in [4.69, 9.17) is 4.74 Å². The third kappa shape index (κ3) is 6.29. The van der Waals surface area contributed by atoms with Gasteiger partial charge in [0.25, 0.3) is 0 Å². The van der Waals surface area contributed by atoms with Crippen molar-refractivity contribution in [2.45, 2.75) is 38.2 Å². The Labute approximate surface area is 185 Å². The average molecular weight is 451 g/mol. The first-order valence-corrected chi connectivity index (χ1v) is 10.5. The van der Waals surface area contributed by atoms with Crippen LogP contribution in [-0.4, -0.2) is 50.1 Å². The first-order valence-electron chi connectivity index (χ1n) is 10.5. The van der Waals surface area contributed by atoms with Crippen LogP contribution in [0.2, 0.25) is 0 Å². The molecular weight excluding hydrogens is 423 g/mol. The van der Waals surface area contributed by atoms with Crippen LogP contribution in [0, 0.1) is 0 Å². The van der Waals surface area contributed by atoms with Gasteiger partial charge < -0.3 is 25.0 Å². The number of nitrogens with zero attached hydrogens (tertiary/aromatic N) is 1. The summed E-state index contributed by atoms with van der Waals surface area (Å²) in [6.45, 7) is 3.87. The van der Waals surface area contributed by atoms with Crippen LogP contribution in [0.15, 0.2) is 48.5 Å². The summed E-state index contributed by atoms with van der Waals surface area (Å²) in [6.07, 6.45) is -4.05. The molecule has 0 aromatic heterocycles. The number of carbonyl (C=O) groups is 1. The van der Waals surface area contributed by atoms with Crippen molar-refractivity contribution >= 4 is 6.03 Å². The van der Waals surface area contributed by atoms with Crippen LogP contribution in [-0.2, 0) is 6.54 Å². The predicted molar refractivity (Wildman–Crippen MR) is 115 cm³/mol. The third-order valence-corrected chi connectivity index (χ3v) is 5.50. The van der Waals surface area contributed by atoms with Gasteiger partial charge in [-0.15, -0.1) is 13.2 Å². The molecule has 3 rings (SSSR count). The minimum absolute atomic E-state index is 0.0278. The number of ether oxygens (including phenoxy) is 2. The Balaban J connectivity index is 1.76. The maximum Gasteiger partial charge on any atom is 0.573 e. The zero-order valence-corrected chi connectivity index (χ0v) is 18.1. The molecule has 2 N–H and O–H groups in total. The summed E-state index contributed by atoms with van der Waals surface area (Å²) in [5, 5.41) is 6.31. The maximum atomic E-state index is 12.6. The van der Waals surface area contributed by atoms with E-state index in [0.717, 1.165) is 5.56 Å². The van der Waals surface area contributed by atoms with Gasteiger partial charge in [0.1, 0.15) is 11.5 Å². The van der Waals surface area contributed by atoms with Crippen molar-refractivity contribution in [3.05, 3.63) is 59.7 Å². The molecule has 32 heavy (non-hydrogen) atoms. The number of alkyl halides is 3. The number of amides is 2. The maximum absolute atomic E-state index is 12.6. The van der Waals surface area contributed by atoms with Crippen molar-refractivity contribution < 1.29 is 27.4 Å². The van der Waals surface area contributed by atoms with Crippen LogP contribution in [0.1, 0.15) is 30.4 Å². The highest BCUT2D eigenvalue weighted by Crippen LogP contribution is 2.31. The number of hydrogen-bond acceptors (Lipinski definition) is 4. The first-order chi connectivity index (χ1) is 15.3. The molecule has 2 amide bonds. The molecule has 174 valence electrons. The molecule has 2 aromatic rings. The molecule has 0 bridgehead atoms. The number of urea groups is 1. The molecule has 0 radical (unpaired) electrons. The van der Waals surface area contributed by atoms with E-state index in [2.05, 4.69) is 15.4 Å². The highest BCUT2D eigenvalue weighted by atomic mass is 19.4. The lowest BCUT2D eigenvalue weighted by molar-refractivity contribution is -0.274. The first kappa shape index (κ1) is 23.7. The van der Waals surface area contributed by atoms with E-state index < -0.39 is 6.36 Å². The highest BCUT2D eigenvalue weighted by Gasteiger charge is 2.33. The number of likely N-dealkylation sites (tertiary alicyclic amines) is 1. The van der Waals surface area contributed by atoms with Gasteiger partial charge in [0, 0.05) is 43.7 Å². The zero-order chi connectivity index (χ0) is 23.1. The summed E-state index contributed by atoms with van der Waals surface area (Å²) >= 11 is 0. The average Bonchev–Trinajstić information content (AvgIpc) is 2.77. The van der Waals surface area contributed by atoms with Crippen molar-refractivity contribution in [3.8, 4) is 11.5 Å². The van der Waals surface area contributed by atoms with E-state index in [1.165, 1.54) is 25.3 Å². The Hall–Kier alpha value is -2.94. The normalized spacial score (nSPS) is 18.8. The molecular formula is C23H28F3N3O3. The fraction of sp³-hybridized carbons (Fsp3) is 0.435. The van der Waals surface area contributed by atoms with Crippen LogP contribution in [0.3, 0.4) is 0 Å². The minimum Gasteiger partial charge on any atom is -0.496 e. The summed E-state index contributed by atoms with van der Waals surface area (Å²) < 4.78 is 47.2. The molecule has 6 nitrogen and oxygen atoms in total. The van der Waals surface area contributed by atoms with Crippen LogP contribution in [0.4, 0.5) is 18.0 Å². The Morgan fingerprint density at radius 3 is 2.59 bits per heavy atom. The van der Waals surface area contributed by atoms with E-state index in [-0.39, 0.29) is 23.7 Å². The number of carbonyl (C=O) groups excluding carboxylic acids is 1. The van der Waals surface area contributed by atoms with Gasteiger partial charge in [0.2, 0.25) is 0 Å². The number of rotatable bonds is 7. The number of nitrogens with one attached hydrogen (secondary N) is 2. The summed E-state index contributed by atoms with van der Waals surface area (Å²) in [7, 11) is 1.47. The third-order valence-electron chi connectivity index (χ3n) is 5.50. The fourth-order valence-electron chi connectivity index (χ4n) is 4.01. The standard InChI is InChI=1S/C23H28F3N3O3/c1-3-27-22(30)29-12-11-20(19(15-29)16-7-5-4-6-8-16)28-14-17-13-18(32-23(24,25)26)9-10-21(17)31-2/h4-10,13,19-20,28H,3,11-12,14-15H2,1-2H3,(H,27,30)/t19?,20-/m0/s1. The second-order valence-electron chi connectivity index (χ2n) is 7.60. The molecule has 0 spiro atoms. The second kappa shape index (κ2) is 10.6. The van der Waals surface area contributed by atoms with Gasteiger partial charge in [0.05, 0.1) is 7.11 Å². The van der Waals surface area contributed by atoms with Crippen molar-refractivity contribution in [2.75, 3.05) is 26.7 Å². The molecule has 2 aromatic carbocycles. The number of benzene rings is 2. The number of piperidine rings is 1. The Kier molecular flexibility index (Phi) is 7.84. The van der Waals surface area contributed by atoms with Gasteiger partial charge in [-0.25, -0.2) is 4.79 Å². The van der Waals surface area contributed by atoms with E-state index in [1.54, 1.807) is 4.90 Å². The Bertz CT molecular complexity index is 893. The molecule has 9 heteroatoms. The van der Waals surface area contributed by atoms with E-state index in [0.29, 0.717) is 43.9 Å². The van der Waals surface area contributed by atoms with Gasteiger partial charge in [-0.1, -0.05) is 30.3 Å². The summed E-state index contributed by atoms with van der Waals surface area (Å²) in [4.78, 5) is 14.2. The lowest BCUT2D eigenvalue weighted by atomic mass is 9.86. The molecule has 0 aliphatic carbocycles.